The average Bonchev–Trinajstić information content (AvgIpc) is 3.61. The van der Waals surface area contributed by atoms with E-state index in [0.717, 1.165) is 23.0 Å². The number of methoxy groups -OCH3 is 1. The summed E-state index contributed by atoms with van der Waals surface area (Å²) in [5.74, 6) is 0.294. The van der Waals surface area contributed by atoms with Gasteiger partial charge in [0, 0.05) is 31.8 Å². The highest BCUT2D eigenvalue weighted by molar-refractivity contribution is 6.45. The van der Waals surface area contributed by atoms with Crippen LogP contribution in [-0.2, 0) is 4.79 Å². The van der Waals surface area contributed by atoms with E-state index in [2.05, 4.69) is 30.2 Å². The number of aromatic amines is 1. The zero-order valence-electron chi connectivity index (χ0n) is 21.4. The summed E-state index contributed by atoms with van der Waals surface area (Å²) in [5, 5.41) is 8.65. The number of nitrogens with two attached hydrogens (primary N) is 1. The van der Waals surface area contributed by atoms with Gasteiger partial charge in [-0.1, -0.05) is 35.9 Å². The molecule has 0 saturated carbocycles. The number of rotatable bonds is 7. The first kappa shape index (κ1) is 25.5. The number of aliphatic imine (C=N–C) groups is 2. The summed E-state index contributed by atoms with van der Waals surface area (Å²) >= 11 is 0. The van der Waals surface area contributed by atoms with Gasteiger partial charge < -0.3 is 24.8 Å². The molecule has 1 aliphatic heterocycles. The Labute approximate surface area is 223 Å². The van der Waals surface area contributed by atoms with Crippen molar-refractivity contribution in [2.75, 3.05) is 20.2 Å². The van der Waals surface area contributed by atoms with E-state index in [9.17, 15) is 9.59 Å². The number of likely N-dealkylation sites (tertiary alicyclic amines) is 1. The van der Waals surface area contributed by atoms with E-state index in [1.165, 1.54) is 25.8 Å². The molecule has 1 amide bonds. The maximum absolute atomic E-state index is 13.4. The number of carbonyl (C=O) groups is 2. The SMILES string of the molecule is COc1cnc(N=CN=CN)c2[nH]cc(C(=O)C(=O)N3CCC(=C(c4ccccc4)c4nnc(C)o4)CC3)c12. The first-order valence-electron chi connectivity index (χ1n) is 12.2. The van der Waals surface area contributed by atoms with E-state index in [0.29, 0.717) is 54.4 Å². The molecule has 1 fully saturated rings. The number of nitrogens with zero attached hydrogens (tertiary/aromatic N) is 6. The molecule has 4 aromatic rings. The normalized spacial score (nSPS) is 14.0. The summed E-state index contributed by atoms with van der Waals surface area (Å²) in [7, 11) is 1.47. The highest BCUT2D eigenvalue weighted by Gasteiger charge is 2.30. The van der Waals surface area contributed by atoms with Crippen molar-refractivity contribution in [2.45, 2.75) is 19.8 Å². The maximum atomic E-state index is 13.4. The first-order chi connectivity index (χ1) is 19.0. The monoisotopic (exact) mass is 526 g/mol. The van der Waals surface area contributed by atoms with Crippen molar-refractivity contribution in [3.63, 3.8) is 0 Å². The van der Waals surface area contributed by atoms with Crippen molar-refractivity contribution >= 4 is 46.7 Å². The number of amides is 1. The van der Waals surface area contributed by atoms with Crippen molar-refractivity contribution in [3.05, 3.63) is 71.2 Å². The van der Waals surface area contributed by atoms with E-state index >= 15 is 0 Å². The number of aromatic nitrogens is 4. The number of hydrogen-bond acceptors (Lipinski definition) is 8. The van der Waals surface area contributed by atoms with Crippen LogP contribution >= 0.6 is 0 Å². The van der Waals surface area contributed by atoms with Crippen LogP contribution in [0.3, 0.4) is 0 Å². The van der Waals surface area contributed by atoms with E-state index in [1.54, 1.807) is 11.8 Å². The number of carbonyl (C=O) groups excluding carboxylic acids is 2. The smallest absolute Gasteiger partial charge is 0.295 e. The number of fused-ring (bicyclic) bond motifs is 1. The number of ether oxygens (including phenoxy) is 1. The zero-order valence-corrected chi connectivity index (χ0v) is 21.4. The highest BCUT2D eigenvalue weighted by atomic mass is 16.5. The Balaban J connectivity index is 1.41. The molecule has 0 radical (unpaired) electrons. The van der Waals surface area contributed by atoms with Gasteiger partial charge in [-0.2, -0.15) is 0 Å². The molecule has 0 unspecified atom stereocenters. The van der Waals surface area contributed by atoms with Gasteiger partial charge in [-0.15, -0.1) is 10.2 Å². The second-order valence-electron chi connectivity index (χ2n) is 8.74. The van der Waals surface area contributed by atoms with E-state index in [4.69, 9.17) is 14.9 Å². The van der Waals surface area contributed by atoms with Gasteiger partial charge in [0.1, 0.15) is 12.1 Å². The number of benzene rings is 1. The van der Waals surface area contributed by atoms with Crippen LogP contribution in [0.2, 0.25) is 0 Å². The Morgan fingerprint density at radius 2 is 1.95 bits per heavy atom. The Morgan fingerprint density at radius 1 is 1.18 bits per heavy atom. The molecule has 0 spiro atoms. The van der Waals surface area contributed by atoms with E-state index < -0.39 is 11.7 Å². The number of Topliss-reactive ketones (excluding diaryl/α,β-unsaturated/α-hetero) is 1. The first-order valence-corrected chi connectivity index (χ1v) is 12.2. The standard InChI is InChI=1S/C27H26N8O4/c1-16-33-34-26(39-16)21(17-6-4-3-5-7-17)18-8-10-35(11-9-18)27(37)24(36)19-12-30-23-22(19)20(38-2)13-31-25(23)32-15-29-14-28/h3-7,12-15,30H,8-11H2,1-2H3,(H2,28,29,31,32). The lowest BCUT2D eigenvalue weighted by atomic mass is 9.92. The zero-order chi connectivity index (χ0) is 27.4. The van der Waals surface area contributed by atoms with Gasteiger partial charge in [-0.05, 0) is 18.4 Å². The minimum atomic E-state index is -0.649. The van der Waals surface area contributed by atoms with Crippen molar-refractivity contribution in [1.82, 2.24) is 25.1 Å². The van der Waals surface area contributed by atoms with Crippen molar-refractivity contribution in [2.24, 2.45) is 15.7 Å². The summed E-state index contributed by atoms with van der Waals surface area (Å²) in [5.41, 5.74) is 8.80. The number of pyridine rings is 1. The molecule has 3 N–H and O–H groups in total. The van der Waals surface area contributed by atoms with Gasteiger partial charge in [0.2, 0.25) is 11.8 Å². The maximum Gasteiger partial charge on any atom is 0.295 e. The molecule has 0 bridgehead atoms. The number of nitrogens with one attached hydrogen (secondary N) is 1. The van der Waals surface area contributed by atoms with Crippen LogP contribution in [-0.4, -0.2) is 69.6 Å². The molecule has 4 heterocycles. The Bertz CT molecular complexity index is 1610. The summed E-state index contributed by atoms with van der Waals surface area (Å²) in [6, 6.07) is 9.82. The van der Waals surface area contributed by atoms with Crippen molar-refractivity contribution < 1.29 is 18.7 Å². The lowest BCUT2D eigenvalue weighted by molar-refractivity contribution is -0.126. The fourth-order valence-corrected chi connectivity index (χ4v) is 4.63. The van der Waals surface area contributed by atoms with Crippen LogP contribution < -0.4 is 10.5 Å². The molecular weight excluding hydrogens is 500 g/mol. The third-order valence-corrected chi connectivity index (χ3v) is 6.46. The Hall–Kier alpha value is -5.13. The largest absolute Gasteiger partial charge is 0.494 e. The molecule has 5 rings (SSSR count). The molecule has 12 nitrogen and oxygen atoms in total. The van der Waals surface area contributed by atoms with Crippen LogP contribution in [0, 0.1) is 6.92 Å². The molecule has 1 aliphatic rings. The Morgan fingerprint density at radius 3 is 2.62 bits per heavy atom. The van der Waals surface area contributed by atoms with Crippen LogP contribution in [0.4, 0.5) is 5.82 Å². The summed E-state index contributed by atoms with van der Waals surface area (Å²) < 4.78 is 11.2. The van der Waals surface area contributed by atoms with Gasteiger partial charge in [0.15, 0.2) is 5.82 Å². The molecular formula is C27H26N8O4. The van der Waals surface area contributed by atoms with Crippen molar-refractivity contribution in [1.29, 1.82) is 0 Å². The minimum absolute atomic E-state index is 0.181. The lowest BCUT2D eigenvalue weighted by Gasteiger charge is -2.29. The fraction of sp³-hybridized carbons (Fsp3) is 0.222. The van der Waals surface area contributed by atoms with Crippen LogP contribution in [0.1, 0.15) is 40.5 Å². The van der Waals surface area contributed by atoms with Crippen molar-refractivity contribution in [3.8, 4) is 5.75 Å². The molecule has 198 valence electrons. The van der Waals surface area contributed by atoms with Gasteiger partial charge in [0.25, 0.3) is 11.7 Å². The minimum Gasteiger partial charge on any atom is -0.494 e. The predicted molar refractivity (Wildman–Crippen MR) is 145 cm³/mol. The molecule has 0 aliphatic carbocycles. The number of H-pyrrole nitrogens is 1. The molecule has 3 aromatic heterocycles. The topological polar surface area (TPSA) is 165 Å². The number of piperidine rings is 1. The summed E-state index contributed by atoms with van der Waals surface area (Å²) in [4.78, 5) is 43.4. The van der Waals surface area contributed by atoms with Crippen LogP contribution in [0.25, 0.3) is 16.5 Å². The Kier molecular flexibility index (Phi) is 7.26. The average molecular weight is 527 g/mol. The second kappa shape index (κ2) is 11.1. The van der Waals surface area contributed by atoms with E-state index in [-0.39, 0.29) is 11.4 Å². The molecule has 39 heavy (non-hydrogen) atoms. The summed E-state index contributed by atoms with van der Waals surface area (Å²) in [6.07, 6.45) is 6.37. The van der Waals surface area contributed by atoms with Gasteiger partial charge in [0.05, 0.1) is 36.1 Å². The van der Waals surface area contributed by atoms with E-state index in [1.807, 2.05) is 30.3 Å². The number of ketones is 1. The molecule has 1 aromatic carbocycles. The summed E-state index contributed by atoms with van der Waals surface area (Å²) in [6.45, 7) is 2.49. The number of hydrogen-bond donors (Lipinski definition) is 2. The highest BCUT2D eigenvalue weighted by Crippen LogP contribution is 2.35. The molecule has 1 saturated heterocycles. The third-order valence-electron chi connectivity index (χ3n) is 6.46. The van der Waals surface area contributed by atoms with Crippen LogP contribution in [0.5, 0.6) is 5.75 Å². The predicted octanol–water partition coefficient (Wildman–Crippen LogP) is 3.22. The van der Waals surface area contributed by atoms with Gasteiger partial charge in [-0.3, -0.25) is 9.59 Å². The quantitative estimate of drug-likeness (QED) is 0.160. The number of aryl methyl sites for hydroxylation is 1. The molecule has 0 atom stereocenters. The van der Waals surface area contributed by atoms with Crippen LogP contribution in [0.15, 0.2) is 62.7 Å². The molecule has 12 heteroatoms. The van der Waals surface area contributed by atoms with Gasteiger partial charge >= 0.3 is 0 Å². The second-order valence-corrected chi connectivity index (χ2v) is 8.74. The lowest BCUT2D eigenvalue weighted by Crippen LogP contribution is -2.40. The fourth-order valence-electron chi connectivity index (χ4n) is 4.63. The third kappa shape index (κ3) is 5.04. The van der Waals surface area contributed by atoms with Gasteiger partial charge in [-0.25, -0.2) is 15.0 Å².